The van der Waals surface area contributed by atoms with Crippen molar-refractivity contribution < 1.29 is 13.5 Å². The van der Waals surface area contributed by atoms with Crippen LogP contribution in [-0.4, -0.2) is 62.1 Å². The van der Waals surface area contributed by atoms with E-state index in [2.05, 4.69) is 4.90 Å². The van der Waals surface area contributed by atoms with Crippen LogP contribution in [0.25, 0.3) is 0 Å². The van der Waals surface area contributed by atoms with Gasteiger partial charge in [0.1, 0.15) is 4.21 Å². The Balaban J connectivity index is 2.09. The third-order valence-electron chi connectivity index (χ3n) is 3.27. The number of aliphatic hydroxyl groups is 1. The first-order valence-corrected chi connectivity index (χ1v) is 8.69. The zero-order valence-electron chi connectivity index (χ0n) is 11.1. The lowest BCUT2D eigenvalue weighted by molar-refractivity contribution is 0.202. The van der Waals surface area contributed by atoms with Crippen molar-refractivity contribution in [1.82, 2.24) is 9.21 Å². The molecule has 0 aliphatic carbocycles. The summed E-state index contributed by atoms with van der Waals surface area (Å²) in [7, 11) is -3.34. The third kappa shape index (κ3) is 3.55. The van der Waals surface area contributed by atoms with E-state index in [-0.39, 0.29) is 6.61 Å². The van der Waals surface area contributed by atoms with E-state index in [9.17, 15) is 8.42 Å². The van der Waals surface area contributed by atoms with Gasteiger partial charge in [-0.1, -0.05) is 0 Å². The van der Waals surface area contributed by atoms with E-state index in [4.69, 9.17) is 5.11 Å². The van der Waals surface area contributed by atoms with Crippen LogP contribution in [0.4, 0.5) is 0 Å². The summed E-state index contributed by atoms with van der Waals surface area (Å²) < 4.78 is 27.0. The first kappa shape index (κ1) is 14.9. The average Bonchev–Trinajstić information content (AvgIpc) is 2.66. The van der Waals surface area contributed by atoms with Gasteiger partial charge in [-0.3, -0.25) is 4.90 Å². The van der Waals surface area contributed by atoms with Crippen LogP contribution < -0.4 is 0 Å². The molecule has 0 unspecified atom stereocenters. The van der Waals surface area contributed by atoms with Crippen molar-refractivity contribution in [2.75, 3.05) is 39.3 Å². The molecule has 0 amide bonds. The van der Waals surface area contributed by atoms with Gasteiger partial charge in [0, 0.05) is 31.1 Å². The summed E-state index contributed by atoms with van der Waals surface area (Å²) in [5.41, 5.74) is 0. The molecule has 5 nitrogen and oxygen atoms in total. The fourth-order valence-corrected chi connectivity index (χ4v) is 5.14. The van der Waals surface area contributed by atoms with Crippen LogP contribution in [0.1, 0.15) is 11.3 Å². The Labute approximate surface area is 118 Å². The highest BCUT2D eigenvalue weighted by Crippen LogP contribution is 2.25. The van der Waals surface area contributed by atoms with Crippen LogP contribution >= 0.6 is 11.3 Å². The second-order valence-corrected chi connectivity index (χ2v) is 8.14. The predicted octanol–water partition coefficient (Wildman–Crippen LogP) is 0.745. The van der Waals surface area contributed by atoms with Gasteiger partial charge >= 0.3 is 0 Å². The van der Waals surface area contributed by atoms with E-state index in [0.717, 1.165) is 17.8 Å². The van der Waals surface area contributed by atoms with Gasteiger partial charge in [-0.05, 0) is 32.0 Å². The summed E-state index contributed by atoms with van der Waals surface area (Å²) in [5.74, 6) is 0. The molecular formula is C12H20N2O3S2. The van der Waals surface area contributed by atoms with Gasteiger partial charge in [-0.25, -0.2) is 8.42 Å². The molecule has 1 N–H and O–H groups in total. The van der Waals surface area contributed by atoms with E-state index in [1.807, 2.05) is 13.0 Å². The molecule has 1 aliphatic rings. The summed E-state index contributed by atoms with van der Waals surface area (Å²) >= 11 is 1.32. The Morgan fingerprint density at radius 2 is 2.05 bits per heavy atom. The van der Waals surface area contributed by atoms with E-state index < -0.39 is 10.0 Å². The summed E-state index contributed by atoms with van der Waals surface area (Å²) in [6.07, 6.45) is 0.809. The van der Waals surface area contributed by atoms with Crippen molar-refractivity contribution >= 4 is 21.4 Å². The second-order valence-electron chi connectivity index (χ2n) is 4.69. The maximum atomic E-state index is 12.5. The maximum absolute atomic E-state index is 12.5. The highest BCUT2D eigenvalue weighted by atomic mass is 32.2. The number of aryl methyl sites for hydroxylation is 1. The molecule has 1 aromatic rings. The largest absolute Gasteiger partial charge is 0.395 e. The molecule has 1 aliphatic heterocycles. The van der Waals surface area contributed by atoms with E-state index in [0.29, 0.717) is 30.4 Å². The molecule has 1 aromatic heterocycles. The minimum Gasteiger partial charge on any atom is -0.395 e. The lowest BCUT2D eigenvalue weighted by Gasteiger charge is -2.20. The Morgan fingerprint density at radius 1 is 1.26 bits per heavy atom. The minimum atomic E-state index is -3.34. The summed E-state index contributed by atoms with van der Waals surface area (Å²) in [6.45, 7) is 5.23. The molecular weight excluding hydrogens is 284 g/mol. The molecule has 0 spiro atoms. The lowest BCUT2D eigenvalue weighted by Crippen LogP contribution is -2.35. The van der Waals surface area contributed by atoms with Crippen molar-refractivity contribution in [3.63, 3.8) is 0 Å². The molecule has 19 heavy (non-hydrogen) atoms. The summed E-state index contributed by atoms with van der Waals surface area (Å²) in [6, 6.07) is 3.53. The summed E-state index contributed by atoms with van der Waals surface area (Å²) in [4.78, 5) is 3.12. The number of hydrogen-bond acceptors (Lipinski definition) is 5. The van der Waals surface area contributed by atoms with Gasteiger partial charge < -0.3 is 5.11 Å². The van der Waals surface area contributed by atoms with Crippen LogP contribution in [-0.2, 0) is 10.0 Å². The van der Waals surface area contributed by atoms with Crippen LogP contribution in [0.15, 0.2) is 16.3 Å². The zero-order chi connectivity index (χ0) is 13.9. The Hall–Kier alpha value is -0.470. The number of aliphatic hydroxyl groups excluding tert-OH is 1. The standard InChI is InChI=1S/C12H20N2O3S2/c1-11-3-4-12(18-11)19(16,17)14-6-2-5-13(7-8-14)9-10-15/h3-4,15H,2,5-10H2,1H3. The Kier molecular flexibility index (Phi) is 4.97. The number of β-amino-alcohol motifs (C(OH)–C–C–N with tert-alkyl or cyclic N) is 1. The molecule has 0 aromatic carbocycles. The zero-order valence-corrected chi connectivity index (χ0v) is 12.7. The van der Waals surface area contributed by atoms with Gasteiger partial charge in [0.25, 0.3) is 10.0 Å². The molecule has 108 valence electrons. The fraction of sp³-hybridized carbons (Fsp3) is 0.667. The number of rotatable bonds is 4. The third-order valence-corrected chi connectivity index (χ3v) is 6.64. The van der Waals surface area contributed by atoms with Crippen molar-refractivity contribution in [1.29, 1.82) is 0 Å². The smallest absolute Gasteiger partial charge is 0.252 e. The number of hydrogen-bond donors (Lipinski definition) is 1. The number of thiophene rings is 1. The van der Waals surface area contributed by atoms with Crippen molar-refractivity contribution in [2.45, 2.75) is 17.6 Å². The molecule has 2 rings (SSSR count). The Bertz CT molecular complexity index is 513. The normalized spacial score (nSPS) is 19.5. The number of sulfonamides is 1. The van der Waals surface area contributed by atoms with Gasteiger partial charge in [0.2, 0.25) is 0 Å². The molecule has 1 fully saturated rings. The molecule has 0 atom stereocenters. The summed E-state index contributed by atoms with van der Waals surface area (Å²) in [5, 5.41) is 8.95. The second kappa shape index (κ2) is 6.32. The first-order chi connectivity index (χ1) is 9.04. The van der Waals surface area contributed by atoms with Crippen molar-refractivity contribution in [2.24, 2.45) is 0 Å². The molecule has 2 heterocycles. The molecule has 7 heteroatoms. The van der Waals surface area contributed by atoms with Crippen LogP contribution in [0.2, 0.25) is 0 Å². The predicted molar refractivity (Wildman–Crippen MR) is 76.0 cm³/mol. The van der Waals surface area contributed by atoms with E-state index in [1.165, 1.54) is 11.3 Å². The van der Waals surface area contributed by atoms with Crippen molar-refractivity contribution in [3.8, 4) is 0 Å². The van der Waals surface area contributed by atoms with Crippen LogP contribution in [0.3, 0.4) is 0 Å². The minimum absolute atomic E-state index is 0.122. The topological polar surface area (TPSA) is 60.9 Å². The average molecular weight is 304 g/mol. The van der Waals surface area contributed by atoms with Gasteiger partial charge in [-0.2, -0.15) is 4.31 Å². The van der Waals surface area contributed by atoms with Crippen molar-refractivity contribution in [3.05, 3.63) is 17.0 Å². The lowest BCUT2D eigenvalue weighted by atomic mass is 10.4. The quantitative estimate of drug-likeness (QED) is 0.891. The first-order valence-electron chi connectivity index (χ1n) is 6.44. The monoisotopic (exact) mass is 304 g/mol. The molecule has 1 saturated heterocycles. The highest BCUT2D eigenvalue weighted by Gasteiger charge is 2.27. The van der Waals surface area contributed by atoms with E-state index >= 15 is 0 Å². The highest BCUT2D eigenvalue weighted by molar-refractivity contribution is 7.91. The molecule has 0 bridgehead atoms. The van der Waals surface area contributed by atoms with Crippen LogP contribution in [0.5, 0.6) is 0 Å². The van der Waals surface area contributed by atoms with E-state index in [1.54, 1.807) is 10.4 Å². The van der Waals surface area contributed by atoms with Gasteiger partial charge in [-0.15, -0.1) is 11.3 Å². The SMILES string of the molecule is Cc1ccc(S(=O)(=O)N2CCCN(CCO)CC2)s1. The Morgan fingerprint density at radius 3 is 2.68 bits per heavy atom. The molecule has 0 saturated carbocycles. The maximum Gasteiger partial charge on any atom is 0.252 e. The number of nitrogens with zero attached hydrogens (tertiary/aromatic N) is 2. The van der Waals surface area contributed by atoms with Crippen LogP contribution in [0, 0.1) is 6.92 Å². The fourth-order valence-electron chi connectivity index (χ4n) is 2.23. The van der Waals surface area contributed by atoms with Gasteiger partial charge in [0.05, 0.1) is 6.61 Å². The van der Waals surface area contributed by atoms with Gasteiger partial charge in [0.15, 0.2) is 0 Å². The molecule has 0 radical (unpaired) electrons.